The molecule has 0 atom stereocenters. The number of aliphatic hydroxyl groups is 1. The van der Waals surface area contributed by atoms with Crippen LogP contribution >= 0.6 is 0 Å². The molecule has 4 N–H and O–H groups in total. The first-order chi connectivity index (χ1) is 10.8. The molecule has 8 nitrogen and oxygen atoms in total. The third-order valence-corrected chi connectivity index (χ3v) is 4.59. The lowest BCUT2D eigenvalue weighted by Gasteiger charge is -2.03. The molecule has 0 aromatic heterocycles. The number of aliphatic hydroxyl groups excluding tert-OH is 1. The lowest BCUT2D eigenvalue weighted by molar-refractivity contribution is 0.319. The van der Waals surface area contributed by atoms with Gasteiger partial charge in [-0.25, -0.2) is 8.42 Å². The van der Waals surface area contributed by atoms with Gasteiger partial charge in [-0.1, -0.05) is 0 Å². The average Bonchev–Trinajstić information content (AvgIpc) is 2.46. The number of sulfone groups is 1. The van der Waals surface area contributed by atoms with Gasteiger partial charge in [-0.15, -0.1) is 5.11 Å². The number of hydrogen-bond donors (Lipinski definition) is 4. The van der Waals surface area contributed by atoms with Crippen molar-refractivity contribution in [1.82, 2.24) is 0 Å². The maximum atomic E-state index is 11.7. The van der Waals surface area contributed by atoms with E-state index in [-0.39, 0.29) is 22.1 Å². The second-order valence-corrected chi connectivity index (χ2v) is 6.68. The summed E-state index contributed by atoms with van der Waals surface area (Å²) in [6.07, 6.45) is 0. The van der Waals surface area contributed by atoms with E-state index in [2.05, 4.69) is 10.2 Å². The number of phenols is 3. The van der Waals surface area contributed by atoms with Crippen LogP contribution < -0.4 is 0 Å². The van der Waals surface area contributed by atoms with Crippen molar-refractivity contribution in [3.05, 3.63) is 36.4 Å². The summed E-state index contributed by atoms with van der Waals surface area (Å²) in [5.41, 5.74) is 0.0691. The van der Waals surface area contributed by atoms with E-state index in [0.717, 1.165) is 12.1 Å². The Morgan fingerprint density at radius 1 is 0.913 bits per heavy atom. The SMILES string of the molecule is O=S(=O)(CCO)c1ccc(N=Nc2c(O)cc(O)cc2O)cc1. The van der Waals surface area contributed by atoms with Crippen LogP contribution in [0.1, 0.15) is 0 Å². The lowest BCUT2D eigenvalue weighted by atomic mass is 10.2. The van der Waals surface area contributed by atoms with E-state index in [0.29, 0.717) is 5.69 Å². The van der Waals surface area contributed by atoms with Crippen LogP contribution in [-0.4, -0.2) is 41.2 Å². The molecule has 2 aromatic rings. The van der Waals surface area contributed by atoms with Gasteiger partial charge in [0.2, 0.25) is 0 Å². The van der Waals surface area contributed by atoms with Crippen molar-refractivity contribution in [2.24, 2.45) is 10.2 Å². The highest BCUT2D eigenvalue weighted by Gasteiger charge is 2.13. The topological polar surface area (TPSA) is 140 Å². The minimum absolute atomic E-state index is 0.0424. The van der Waals surface area contributed by atoms with Crippen LogP contribution in [0.4, 0.5) is 11.4 Å². The zero-order chi connectivity index (χ0) is 17.0. The Balaban J connectivity index is 2.25. The summed E-state index contributed by atoms with van der Waals surface area (Å²) >= 11 is 0. The summed E-state index contributed by atoms with van der Waals surface area (Å²) in [4.78, 5) is 0.0424. The molecule has 122 valence electrons. The van der Waals surface area contributed by atoms with Crippen LogP contribution in [0.15, 0.2) is 51.5 Å². The molecule has 0 aliphatic rings. The predicted molar refractivity (Wildman–Crippen MR) is 81.2 cm³/mol. The third kappa shape index (κ3) is 3.96. The summed E-state index contributed by atoms with van der Waals surface area (Å²) in [6.45, 7) is -0.469. The molecule has 2 aromatic carbocycles. The summed E-state index contributed by atoms with van der Waals surface area (Å²) < 4.78 is 23.5. The number of rotatable bonds is 5. The van der Waals surface area contributed by atoms with Gasteiger partial charge in [-0.05, 0) is 24.3 Å². The number of azo groups is 1. The molecule has 23 heavy (non-hydrogen) atoms. The molecule has 0 unspecified atom stereocenters. The monoisotopic (exact) mass is 338 g/mol. The first kappa shape index (κ1) is 16.7. The van der Waals surface area contributed by atoms with Gasteiger partial charge in [0.25, 0.3) is 0 Å². The fraction of sp³-hybridized carbons (Fsp3) is 0.143. The number of nitrogens with zero attached hydrogens (tertiary/aromatic N) is 2. The molecule has 2 rings (SSSR count). The molecule has 0 saturated carbocycles. The van der Waals surface area contributed by atoms with Gasteiger partial charge in [-0.3, -0.25) is 0 Å². The maximum absolute atomic E-state index is 11.7. The summed E-state index contributed by atoms with van der Waals surface area (Å²) in [6, 6.07) is 7.41. The second kappa shape index (κ2) is 6.63. The van der Waals surface area contributed by atoms with E-state index in [1.807, 2.05) is 0 Å². The Morgan fingerprint density at radius 3 is 2.00 bits per heavy atom. The summed E-state index contributed by atoms with van der Waals surface area (Å²) in [5.74, 6) is -1.59. The van der Waals surface area contributed by atoms with Gasteiger partial charge >= 0.3 is 0 Å². The van der Waals surface area contributed by atoms with Crippen molar-refractivity contribution >= 4 is 21.2 Å². The molecule has 0 fully saturated rings. The van der Waals surface area contributed by atoms with E-state index in [9.17, 15) is 23.7 Å². The van der Waals surface area contributed by atoms with Crippen LogP contribution in [0.5, 0.6) is 17.2 Å². The van der Waals surface area contributed by atoms with Gasteiger partial charge < -0.3 is 20.4 Å². The molecule has 0 radical (unpaired) electrons. The van der Waals surface area contributed by atoms with Crippen molar-refractivity contribution in [2.75, 3.05) is 12.4 Å². The largest absolute Gasteiger partial charge is 0.508 e. The first-order valence-electron chi connectivity index (χ1n) is 6.44. The van der Waals surface area contributed by atoms with E-state index in [1.165, 1.54) is 24.3 Å². The normalized spacial score (nSPS) is 11.9. The van der Waals surface area contributed by atoms with E-state index < -0.39 is 27.9 Å². The Labute approximate surface area is 131 Å². The molecule has 9 heteroatoms. The summed E-state index contributed by atoms with van der Waals surface area (Å²) in [7, 11) is -3.54. The number of hydrogen-bond acceptors (Lipinski definition) is 8. The summed E-state index contributed by atoms with van der Waals surface area (Å²) in [5, 5.41) is 44.5. The molecule has 0 saturated heterocycles. The number of benzene rings is 2. The number of aromatic hydroxyl groups is 3. The molecule has 0 aliphatic heterocycles. The highest BCUT2D eigenvalue weighted by Crippen LogP contribution is 2.40. The van der Waals surface area contributed by atoms with Crippen molar-refractivity contribution in [1.29, 1.82) is 0 Å². The quantitative estimate of drug-likeness (QED) is 0.615. The van der Waals surface area contributed by atoms with Gasteiger partial charge in [0.05, 0.1) is 22.9 Å². The van der Waals surface area contributed by atoms with Crippen LogP contribution in [0.2, 0.25) is 0 Å². The minimum Gasteiger partial charge on any atom is -0.508 e. The smallest absolute Gasteiger partial charge is 0.180 e. The van der Waals surface area contributed by atoms with Crippen molar-refractivity contribution in [3.8, 4) is 17.2 Å². The molecule has 0 spiro atoms. The molecule has 0 amide bonds. The predicted octanol–water partition coefficient (Wildman–Crippen LogP) is 1.98. The van der Waals surface area contributed by atoms with Crippen LogP contribution in [0.25, 0.3) is 0 Å². The standard InChI is InChI=1S/C14H14N2O6S/c17-5-6-23(21,22)11-3-1-9(2-4-11)15-16-14-12(19)7-10(18)8-13(14)20/h1-4,7-8,17-20H,5-6H2. The zero-order valence-corrected chi connectivity index (χ0v) is 12.6. The van der Waals surface area contributed by atoms with E-state index >= 15 is 0 Å². The van der Waals surface area contributed by atoms with Gasteiger partial charge in [-0.2, -0.15) is 5.11 Å². The van der Waals surface area contributed by atoms with Crippen molar-refractivity contribution in [3.63, 3.8) is 0 Å². The first-order valence-corrected chi connectivity index (χ1v) is 8.09. The van der Waals surface area contributed by atoms with Crippen molar-refractivity contribution in [2.45, 2.75) is 4.90 Å². The van der Waals surface area contributed by atoms with Crippen LogP contribution in [0, 0.1) is 0 Å². The molecule has 0 heterocycles. The Bertz CT molecular complexity index is 808. The fourth-order valence-corrected chi connectivity index (χ4v) is 2.78. The average molecular weight is 338 g/mol. The Morgan fingerprint density at radius 2 is 1.48 bits per heavy atom. The maximum Gasteiger partial charge on any atom is 0.180 e. The third-order valence-electron chi connectivity index (χ3n) is 2.88. The number of phenolic OH excluding ortho intramolecular Hbond substituents is 3. The molecular formula is C14H14N2O6S. The lowest BCUT2D eigenvalue weighted by Crippen LogP contribution is -2.09. The van der Waals surface area contributed by atoms with E-state index in [1.54, 1.807) is 0 Å². The Kier molecular flexibility index (Phi) is 4.82. The highest BCUT2D eigenvalue weighted by molar-refractivity contribution is 7.91. The van der Waals surface area contributed by atoms with E-state index in [4.69, 9.17) is 5.11 Å². The molecular weight excluding hydrogens is 324 g/mol. The minimum atomic E-state index is -3.54. The van der Waals surface area contributed by atoms with Gasteiger partial charge in [0.15, 0.2) is 27.0 Å². The van der Waals surface area contributed by atoms with Crippen molar-refractivity contribution < 1.29 is 28.8 Å². The van der Waals surface area contributed by atoms with Crippen LogP contribution in [-0.2, 0) is 9.84 Å². The van der Waals surface area contributed by atoms with Gasteiger partial charge in [0.1, 0.15) is 5.75 Å². The second-order valence-electron chi connectivity index (χ2n) is 4.57. The highest BCUT2D eigenvalue weighted by atomic mass is 32.2. The molecule has 0 aliphatic carbocycles. The molecule has 0 bridgehead atoms. The Hall–Kier alpha value is -2.65. The zero-order valence-electron chi connectivity index (χ0n) is 11.8. The van der Waals surface area contributed by atoms with Gasteiger partial charge in [0, 0.05) is 12.1 Å². The fourth-order valence-electron chi connectivity index (χ4n) is 1.76. The van der Waals surface area contributed by atoms with Crippen LogP contribution in [0.3, 0.4) is 0 Å².